The molecule has 5 nitrogen and oxygen atoms in total. The fraction of sp³-hybridized carbons (Fsp3) is 0.650. The molecule has 4 aliphatic heterocycles. The van der Waals surface area contributed by atoms with Crippen LogP contribution < -0.4 is 0 Å². The third-order valence-corrected chi connectivity index (χ3v) is 6.28. The molecule has 5 rings (SSSR count). The maximum atomic E-state index is 11.1. The topological polar surface area (TPSA) is 47.0 Å². The van der Waals surface area contributed by atoms with E-state index in [0.29, 0.717) is 25.2 Å². The van der Waals surface area contributed by atoms with Gasteiger partial charge in [-0.05, 0) is 37.2 Å². The SMILES string of the molecule is O=C(O)N1CCC(N2CC3CCC2CN(Cc2ccccc2)C3)CC1. The summed E-state index contributed by atoms with van der Waals surface area (Å²) in [5.74, 6) is 0.764. The Bertz CT molecular complexity index is 586. The van der Waals surface area contributed by atoms with Gasteiger partial charge in [-0.1, -0.05) is 30.3 Å². The Kier molecular flexibility index (Phi) is 4.95. The first kappa shape index (κ1) is 16.9. The van der Waals surface area contributed by atoms with Gasteiger partial charge in [0.1, 0.15) is 0 Å². The van der Waals surface area contributed by atoms with Crippen LogP contribution in [0.2, 0.25) is 0 Å². The average molecular weight is 343 g/mol. The van der Waals surface area contributed by atoms with Crippen LogP contribution in [0.1, 0.15) is 31.2 Å². The second-order valence-electron chi connectivity index (χ2n) is 7.97. The van der Waals surface area contributed by atoms with Gasteiger partial charge in [0.2, 0.25) is 0 Å². The number of nitrogens with zero attached hydrogens (tertiary/aromatic N) is 3. The highest BCUT2D eigenvalue weighted by Crippen LogP contribution is 2.32. The van der Waals surface area contributed by atoms with Crippen molar-refractivity contribution in [3.63, 3.8) is 0 Å². The van der Waals surface area contributed by atoms with Crippen molar-refractivity contribution in [3.8, 4) is 0 Å². The molecule has 4 aliphatic rings. The summed E-state index contributed by atoms with van der Waals surface area (Å²) >= 11 is 0. The van der Waals surface area contributed by atoms with Gasteiger partial charge < -0.3 is 10.0 Å². The Balaban J connectivity index is 1.39. The molecule has 25 heavy (non-hydrogen) atoms. The molecule has 0 aromatic heterocycles. The number of fused-ring (bicyclic) bond motifs is 4. The van der Waals surface area contributed by atoms with E-state index in [1.54, 1.807) is 4.90 Å². The number of piperidine rings is 2. The number of likely N-dealkylation sites (tertiary alicyclic amines) is 1. The fourth-order valence-electron chi connectivity index (χ4n) is 5.02. The molecule has 0 aliphatic carbocycles. The minimum atomic E-state index is -0.759. The van der Waals surface area contributed by atoms with Crippen LogP contribution >= 0.6 is 0 Å². The first-order valence-corrected chi connectivity index (χ1v) is 9.69. The number of rotatable bonds is 3. The van der Waals surface area contributed by atoms with Gasteiger partial charge in [-0.25, -0.2) is 4.79 Å². The van der Waals surface area contributed by atoms with Crippen molar-refractivity contribution >= 4 is 6.09 Å². The summed E-state index contributed by atoms with van der Waals surface area (Å²) < 4.78 is 0. The van der Waals surface area contributed by atoms with Crippen LogP contribution in [-0.4, -0.2) is 70.7 Å². The molecule has 1 N–H and O–H groups in total. The van der Waals surface area contributed by atoms with Crippen LogP contribution in [0.25, 0.3) is 0 Å². The van der Waals surface area contributed by atoms with Crippen molar-refractivity contribution < 1.29 is 9.90 Å². The molecular weight excluding hydrogens is 314 g/mol. The molecule has 4 heterocycles. The van der Waals surface area contributed by atoms with Crippen molar-refractivity contribution in [1.82, 2.24) is 14.7 Å². The van der Waals surface area contributed by atoms with Gasteiger partial charge in [0.15, 0.2) is 0 Å². The molecule has 2 atom stereocenters. The van der Waals surface area contributed by atoms with Crippen LogP contribution in [0.5, 0.6) is 0 Å². The van der Waals surface area contributed by atoms with Gasteiger partial charge >= 0.3 is 6.09 Å². The average Bonchev–Trinajstić information content (AvgIpc) is 2.93. The first-order valence-electron chi connectivity index (χ1n) is 9.69. The number of carboxylic acid groups (broad SMARTS) is 1. The van der Waals surface area contributed by atoms with E-state index in [1.807, 2.05) is 0 Å². The lowest BCUT2D eigenvalue weighted by Gasteiger charge is -2.44. The minimum Gasteiger partial charge on any atom is -0.465 e. The lowest BCUT2D eigenvalue weighted by atomic mass is 9.91. The van der Waals surface area contributed by atoms with Crippen LogP contribution in [0, 0.1) is 5.92 Å². The summed E-state index contributed by atoms with van der Waals surface area (Å²) in [5, 5.41) is 9.17. The highest BCUT2D eigenvalue weighted by atomic mass is 16.4. The van der Waals surface area contributed by atoms with Crippen LogP contribution in [0.3, 0.4) is 0 Å². The van der Waals surface area contributed by atoms with E-state index in [1.165, 1.54) is 31.5 Å². The van der Waals surface area contributed by atoms with Crippen molar-refractivity contribution in [2.24, 2.45) is 5.92 Å². The largest absolute Gasteiger partial charge is 0.465 e. The second kappa shape index (κ2) is 7.34. The van der Waals surface area contributed by atoms with Crippen LogP contribution in [0.4, 0.5) is 4.79 Å². The van der Waals surface area contributed by atoms with Crippen molar-refractivity contribution in [2.75, 3.05) is 32.7 Å². The van der Waals surface area contributed by atoms with Crippen LogP contribution in [-0.2, 0) is 6.54 Å². The van der Waals surface area contributed by atoms with Crippen molar-refractivity contribution in [3.05, 3.63) is 35.9 Å². The molecule has 1 aromatic carbocycles. The molecule has 0 spiro atoms. The number of hydrogen-bond donors (Lipinski definition) is 1. The van der Waals surface area contributed by atoms with E-state index < -0.39 is 6.09 Å². The number of amides is 1. The van der Waals surface area contributed by atoms with Gasteiger partial charge in [-0.3, -0.25) is 9.80 Å². The van der Waals surface area contributed by atoms with Crippen molar-refractivity contribution in [2.45, 2.75) is 44.3 Å². The summed E-state index contributed by atoms with van der Waals surface area (Å²) in [6.45, 7) is 6.01. The lowest BCUT2D eigenvalue weighted by molar-refractivity contribution is 0.0426. The van der Waals surface area contributed by atoms with Gasteiger partial charge in [-0.2, -0.15) is 0 Å². The Morgan fingerprint density at radius 2 is 1.72 bits per heavy atom. The van der Waals surface area contributed by atoms with E-state index in [0.717, 1.165) is 31.8 Å². The lowest BCUT2D eigenvalue weighted by Crippen LogP contribution is -2.53. The summed E-state index contributed by atoms with van der Waals surface area (Å²) in [6, 6.07) is 12.0. The minimum absolute atomic E-state index is 0.570. The Hall–Kier alpha value is -1.59. The molecule has 2 unspecified atom stereocenters. The molecule has 5 heteroatoms. The molecule has 0 radical (unpaired) electrons. The third kappa shape index (κ3) is 3.82. The summed E-state index contributed by atoms with van der Waals surface area (Å²) in [7, 11) is 0. The van der Waals surface area contributed by atoms with Crippen molar-refractivity contribution in [1.29, 1.82) is 0 Å². The number of benzene rings is 1. The van der Waals surface area contributed by atoms with E-state index in [9.17, 15) is 4.79 Å². The summed E-state index contributed by atoms with van der Waals surface area (Å²) in [4.78, 5) is 18.1. The van der Waals surface area contributed by atoms with E-state index in [-0.39, 0.29) is 0 Å². The van der Waals surface area contributed by atoms with E-state index in [4.69, 9.17) is 5.11 Å². The number of carbonyl (C=O) groups is 1. The third-order valence-electron chi connectivity index (χ3n) is 6.28. The van der Waals surface area contributed by atoms with Crippen LogP contribution in [0.15, 0.2) is 30.3 Å². The predicted molar refractivity (Wildman–Crippen MR) is 97.6 cm³/mol. The molecular formula is C20H29N3O2. The maximum Gasteiger partial charge on any atom is 0.407 e. The maximum absolute atomic E-state index is 11.1. The van der Waals surface area contributed by atoms with Gasteiger partial charge in [0.25, 0.3) is 0 Å². The molecule has 4 fully saturated rings. The molecule has 1 amide bonds. The van der Waals surface area contributed by atoms with E-state index in [2.05, 4.69) is 40.1 Å². The zero-order valence-electron chi connectivity index (χ0n) is 14.9. The Labute approximate surface area is 150 Å². The zero-order valence-corrected chi connectivity index (χ0v) is 14.9. The standard InChI is InChI=1S/C20H29N3O2/c24-20(25)22-10-8-18(9-11-22)23-14-17-6-7-19(23)15-21(13-17)12-16-4-2-1-3-5-16/h1-5,17-19H,6-15H2,(H,24,25). The van der Waals surface area contributed by atoms with Gasteiger partial charge in [-0.15, -0.1) is 0 Å². The highest BCUT2D eigenvalue weighted by Gasteiger charge is 2.39. The monoisotopic (exact) mass is 343 g/mol. The van der Waals surface area contributed by atoms with Gasteiger partial charge in [0.05, 0.1) is 0 Å². The van der Waals surface area contributed by atoms with E-state index >= 15 is 0 Å². The second-order valence-corrected chi connectivity index (χ2v) is 7.97. The quantitative estimate of drug-likeness (QED) is 0.917. The fourth-order valence-corrected chi connectivity index (χ4v) is 5.02. The highest BCUT2D eigenvalue weighted by molar-refractivity contribution is 5.65. The molecule has 136 valence electrons. The van der Waals surface area contributed by atoms with Gasteiger partial charge in [0, 0.05) is 51.4 Å². The normalized spacial score (nSPS) is 28.9. The number of hydrogen-bond acceptors (Lipinski definition) is 3. The first-order chi connectivity index (χ1) is 12.2. The molecule has 0 saturated carbocycles. The zero-order chi connectivity index (χ0) is 17.2. The Morgan fingerprint density at radius 3 is 2.44 bits per heavy atom. The molecule has 4 saturated heterocycles. The summed E-state index contributed by atoms with van der Waals surface area (Å²) in [6.07, 6.45) is 3.88. The molecule has 2 bridgehead atoms. The Morgan fingerprint density at radius 1 is 0.960 bits per heavy atom. The smallest absolute Gasteiger partial charge is 0.407 e. The summed E-state index contributed by atoms with van der Waals surface area (Å²) in [5.41, 5.74) is 1.41. The molecule has 1 aromatic rings. The predicted octanol–water partition coefficient (Wildman–Crippen LogP) is 2.73.